The van der Waals surface area contributed by atoms with Gasteiger partial charge in [-0.1, -0.05) is 30.0 Å². The normalized spacial score (nSPS) is 11.5. The Labute approximate surface area is 134 Å². The average molecular weight is 318 g/mol. The van der Waals surface area contributed by atoms with Crippen LogP contribution in [0.4, 0.5) is 10.1 Å². The standard InChI is InChI=1S/C17H19FN2OS/c1-11-4-5-12(2)15(8-11)20-17(19)22-10-13-6-7-16(21-3)14(18)9-13/h4-9H,10H2,1-3H3,(H2,19,20). The lowest BCUT2D eigenvalue weighted by molar-refractivity contribution is 0.386. The van der Waals surface area contributed by atoms with E-state index in [1.165, 1.54) is 24.9 Å². The first kappa shape index (κ1) is 16.4. The molecule has 3 nitrogen and oxygen atoms in total. The summed E-state index contributed by atoms with van der Waals surface area (Å²) >= 11 is 1.38. The van der Waals surface area contributed by atoms with Gasteiger partial charge >= 0.3 is 0 Å². The molecule has 0 unspecified atom stereocenters. The van der Waals surface area contributed by atoms with Crippen LogP contribution in [0.1, 0.15) is 16.7 Å². The highest BCUT2D eigenvalue weighted by Crippen LogP contribution is 2.24. The number of halogens is 1. The summed E-state index contributed by atoms with van der Waals surface area (Å²) in [6.07, 6.45) is 0. The molecule has 0 saturated heterocycles. The van der Waals surface area contributed by atoms with Crippen LogP contribution in [0.25, 0.3) is 0 Å². The van der Waals surface area contributed by atoms with Crippen LogP contribution < -0.4 is 10.5 Å². The van der Waals surface area contributed by atoms with Gasteiger partial charge in [-0.3, -0.25) is 0 Å². The number of aryl methyl sites for hydroxylation is 2. The van der Waals surface area contributed by atoms with Gasteiger partial charge in [0.05, 0.1) is 12.8 Å². The van der Waals surface area contributed by atoms with Crippen LogP contribution in [0, 0.1) is 19.7 Å². The van der Waals surface area contributed by atoms with Crippen molar-refractivity contribution in [3.8, 4) is 5.75 Å². The van der Waals surface area contributed by atoms with Crippen molar-refractivity contribution in [2.45, 2.75) is 19.6 Å². The largest absolute Gasteiger partial charge is 0.494 e. The Kier molecular flexibility index (Phi) is 5.44. The summed E-state index contributed by atoms with van der Waals surface area (Å²) in [7, 11) is 1.45. The molecule has 0 radical (unpaired) electrons. The summed E-state index contributed by atoms with van der Waals surface area (Å²) in [5, 5.41) is 0.463. The van der Waals surface area contributed by atoms with E-state index in [1.807, 2.05) is 38.1 Å². The van der Waals surface area contributed by atoms with Crippen molar-refractivity contribution in [2.24, 2.45) is 10.7 Å². The van der Waals surface area contributed by atoms with E-state index in [0.717, 1.165) is 22.4 Å². The van der Waals surface area contributed by atoms with Gasteiger partial charge in [0.25, 0.3) is 0 Å². The number of benzene rings is 2. The minimum Gasteiger partial charge on any atom is -0.494 e. The quantitative estimate of drug-likeness (QED) is 0.674. The maximum atomic E-state index is 13.6. The van der Waals surface area contributed by atoms with Gasteiger partial charge in [-0.25, -0.2) is 9.38 Å². The van der Waals surface area contributed by atoms with Crippen molar-refractivity contribution >= 4 is 22.6 Å². The minimum absolute atomic E-state index is 0.241. The van der Waals surface area contributed by atoms with Gasteiger partial charge in [-0.05, 0) is 48.7 Å². The topological polar surface area (TPSA) is 47.6 Å². The maximum absolute atomic E-state index is 13.6. The van der Waals surface area contributed by atoms with Crippen LogP contribution in [0.5, 0.6) is 5.75 Å². The number of aliphatic imine (C=N–C) groups is 1. The Morgan fingerprint density at radius 2 is 2.00 bits per heavy atom. The van der Waals surface area contributed by atoms with E-state index in [0.29, 0.717) is 10.9 Å². The SMILES string of the molecule is COc1ccc(CSC(N)=Nc2cc(C)ccc2C)cc1F. The zero-order valence-corrected chi connectivity index (χ0v) is 13.7. The fourth-order valence-electron chi connectivity index (χ4n) is 1.95. The number of ether oxygens (including phenoxy) is 1. The molecular formula is C17H19FN2OS. The fourth-order valence-corrected chi connectivity index (χ4v) is 2.60. The third-order valence-electron chi connectivity index (χ3n) is 3.20. The van der Waals surface area contributed by atoms with E-state index < -0.39 is 0 Å². The van der Waals surface area contributed by atoms with Gasteiger partial charge in [0, 0.05) is 5.75 Å². The second-order valence-corrected chi connectivity index (χ2v) is 5.99. The lowest BCUT2D eigenvalue weighted by atomic mass is 10.1. The molecule has 116 valence electrons. The van der Waals surface area contributed by atoms with Crippen LogP contribution in [0.3, 0.4) is 0 Å². The summed E-state index contributed by atoms with van der Waals surface area (Å²) in [5.41, 5.74) is 9.88. The Hall–Kier alpha value is -2.01. The number of amidine groups is 1. The summed E-state index contributed by atoms with van der Waals surface area (Å²) in [6, 6.07) is 10.9. The molecule has 0 aliphatic heterocycles. The van der Waals surface area contributed by atoms with E-state index in [1.54, 1.807) is 6.07 Å². The van der Waals surface area contributed by atoms with Gasteiger partial charge in [-0.15, -0.1) is 0 Å². The van der Waals surface area contributed by atoms with Crippen LogP contribution in [-0.2, 0) is 5.75 Å². The monoisotopic (exact) mass is 318 g/mol. The average Bonchev–Trinajstić information content (AvgIpc) is 2.49. The van der Waals surface area contributed by atoms with Crippen molar-refractivity contribution < 1.29 is 9.13 Å². The number of nitrogens with two attached hydrogens (primary N) is 1. The highest BCUT2D eigenvalue weighted by Gasteiger charge is 2.05. The Bertz CT molecular complexity index is 701. The molecule has 0 aromatic heterocycles. The molecule has 2 aromatic carbocycles. The molecule has 0 aliphatic rings. The fraction of sp³-hybridized carbons (Fsp3) is 0.235. The third-order valence-corrected chi connectivity index (χ3v) is 4.06. The molecule has 0 fully saturated rings. The van der Waals surface area contributed by atoms with Gasteiger partial charge in [0.15, 0.2) is 16.7 Å². The van der Waals surface area contributed by atoms with E-state index in [4.69, 9.17) is 10.5 Å². The number of thioether (sulfide) groups is 1. The molecule has 5 heteroatoms. The summed E-state index contributed by atoms with van der Waals surface area (Å²) in [6.45, 7) is 4.01. The molecular weight excluding hydrogens is 299 g/mol. The third kappa shape index (κ3) is 4.24. The van der Waals surface area contributed by atoms with Crippen molar-refractivity contribution in [1.29, 1.82) is 0 Å². The van der Waals surface area contributed by atoms with E-state index in [2.05, 4.69) is 4.99 Å². The summed E-state index contributed by atoms with van der Waals surface area (Å²) in [5.74, 6) is 0.428. The lowest BCUT2D eigenvalue weighted by Crippen LogP contribution is -2.06. The summed E-state index contributed by atoms with van der Waals surface area (Å²) in [4.78, 5) is 4.43. The highest BCUT2D eigenvalue weighted by atomic mass is 32.2. The van der Waals surface area contributed by atoms with Crippen molar-refractivity contribution in [1.82, 2.24) is 0 Å². The second kappa shape index (κ2) is 7.31. The smallest absolute Gasteiger partial charge is 0.165 e. The number of rotatable bonds is 4. The number of nitrogens with zero attached hydrogens (tertiary/aromatic N) is 1. The molecule has 0 heterocycles. The Balaban J connectivity index is 2.06. The van der Waals surface area contributed by atoms with Gasteiger partial charge in [0.1, 0.15) is 0 Å². The molecule has 0 aliphatic carbocycles. The zero-order valence-electron chi connectivity index (χ0n) is 12.9. The number of methoxy groups -OCH3 is 1. The predicted octanol–water partition coefficient (Wildman–Crippen LogP) is 4.33. The molecule has 2 N–H and O–H groups in total. The predicted molar refractivity (Wildman–Crippen MR) is 91.4 cm³/mol. The minimum atomic E-state index is -0.370. The van der Waals surface area contributed by atoms with Crippen molar-refractivity contribution in [3.05, 3.63) is 58.9 Å². The van der Waals surface area contributed by atoms with Gasteiger partial charge < -0.3 is 10.5 Å². The molecule has 0 saturated carbocycles. The number of hydrogen-bond donors (Lipinski definition) is 1. The van der Waals surface area contributed by atoms with Crippen LogP contribution >= 0.6 is 11.8 Å². The molecule has 0 amide bonds. The van der Waals surface area contributed by atoms with Crippen molar-refractivity contribution in [3.63, 3.8) is 0 Å². The molecule has 22 heavy (non-hydrogen) atoms. The van der Waals surface area contributed by atoms with E-state index in [9.17, 15) is 4.39 Å². The number of hydrogen-bond acceptors (Lipinski definition) is 3. The molecule has 0 bridgehead atoms. The van der Waals surface area contributed by atoms with E-state index >= 15 is 0 Å². The molecule has 2 aromatic rings. The Morgan fingerprint density at radius 1 is 1.23 bits per heavy atom. The van der Waals surface area contributed by atoms with Crippen molar-refractivity contribution in [2.75, 3.05) is 7.11 Å². The first-order valence-electron chi connectivity index (χ1n) is 6.86. The molecule has 0 atom stereocenters. The van der Waals surface area contributed by atoms with Gasteiger partial charge in [0.2, 0.25) is 0 Å². The van der Waals surface area contributed by atoms with Gasteiger partial charge in [-0.2, -0.15) is 0 Å². The van der Waals surface area contributed by atoms with Crippen LogP contribution in [0.15, 0.2) is 41.4 Å². The zero-order chi connectivity index (χ0) is 16.1. The van der Waals surface area contributed by atoms with Crippen LogP contribution in [0.2, 0.25) is 0 Å². The Morgan fingerprint density at radius 3 is 2.68 bits per heavy atom. The first-order chi connectivity index (χ1) is 10.5. The second-order valence-electron chi connectivity index (χ2n) is 5.00. The lowest BCUT2D eigenvalue weighted by Gasteiger charge is -2.06. The summed E-state index contributed by atoms with van der Waals surface area (Å²) < 4.78 is 18.5. The molecule has 2 rings (SSSR count). The highest BCUT2D eigenvalue weighted by molar-refractivity contribution is 8.13. The maximum Gasteiger partial charge on any atom is 0.165 e. The first-order valence-corrected chi connectivity index (χ1v) is 7.85. The molecule has 0 spiro atoms. The van der Waals surface area contributed by atoms with E-state index in [-0.39, 0.29) is 11.6 Å². The van der Waals surface area contributed by atoms with Crippen LogP contribution in [-0.4, -0.2) is 12.3 Å².